The third kappa shape index (κ3) is 3.48. The van der Waals surface area contributed by atoms with Gasteiger partial charge in [0.25, 0.3) is 0 Å². The van der Waals surface area contributed by atoms with Gasteiger partial charge in [-0.2, -0.15) is 0 Å². The van der Waals surface area contributed by atoms with E-state index in [1.807, 2.05) is 0 Å². The predicted octanol–water partition coefficient (Wildman–Crippen LogP) is 4.12. The molecular formula is C15H29N. The first-order valence-corrected chi connectivity index (χ1v) is 7.51. The highest BCUT2D eigenvalue weighted by Gasteiger charge is 2.24. The summed E-state index contributed by atoms with van der Waals surface area (Å²) in [6, 6.07) is 1.59. The van der Waals surface area contributed by atoms with Gasteiger partial charge in [0.2, 0.25) is 0 Å². The first-order chi connectivity index (χ1) is 7.75. The maximum Gasteiger partial charge on any atom is 0.00698 e. The molecule has 0 aromatic carbocycles. The number of nitrogens with one attached hydrogen (secondary N) is 1. The summed E-state index contributed by atoms with van der Waals surface area (Å²) in [5.74, 6) is 1.94. The van der Waals surface area contributed by atoms with Crippen molar-refractivity contribution in [2.75, 3.05) is 0 Å². The van der Waals surface area contributed by atoms with Gasteiger partial charge < -0.3 is 5.32 Å². The second-order valence-corrected chi connectivity index (χ2v) is 6.31. The molecule has 0 heterocycles. The summed E-state index contributed by atoms with van der Waals surface area (Å²) in [6.07, 6.45) is 13.1. The van der Waals surface area contributed by atoms with Gasteiger partial charge in [-0.15, -0.1) is 0 Å². The molecule has 0 saturated heterocycles. The fourth-order valence-corrected chi connectivity index (χ4v) is 3.57. The Kier molecular flexibility index (Phi) is 4.69. The van der Waals surface area contributed by atoms with Crippen molar-refractivity contribution in [1.82, 2.24) is 5.32 Å². The number of hydrogen-bond donors (Lipinski definition) is 1. The lowest BCUT2D eigenvalue weighted by Crippen LogP contribution is -2.43. The van der Waals surface area contributed by atoms with Crippen LogP contribution in [0.25, 0.3) is 0 Å². The minimum Gasteiger partial charge on any atom is -0.311 e. The van der Waals surface area contributed by atoms with Crippen molar-refractivity contribution in [1.29, 1.82) is 0 Å². The van der Waals surface area contributed by atoms with Crippen LogP contribution in [-0.2, 0) is 0 Å². The summed E-state index contributed by atoms with van der Waals surface area (Å²) in [7, 11) is 0. The van der Waals surface area contributed by atoms with E-state index < -0.39 is 0 Å². The Morgan fingerprint density at radius 3 is 2.12 bits per heavy atom. The van der Waals surface area contributed by atoms with Gasteiger partial charge in [-0.3, -0.25) is 0 Å². The minimum absolute atomic E-state index is 0.763. The van der Waals surface area contributed by atoms with Crippen LogP contribution in [0, 0.1) is 11.8 Å². The third-order valence-corrected chi connectivity index (χ3v) is 4.87. The summed E-state index contributed by atoms with van der Waals surface area (Å²) in [4.78, 5) is 0. The number of hydrogen-bond acceptors (Lipinski definition) is 1. The minimum atomic E-state index is 0.763. The fourth-order valence-electron chi connectivity index (χ4n) is 3.57. The van der Waals surface area contributed by atoms with Crippen molar-refractivity contribution in [2.24, 2.45) is 11.8 Å². The smallest absolute Gasteiger partial charge is 0.00698 e. The summed E-state index contributed by atoms with van der Waals surface area (Å²) >= 11 is 0. The second-order valence-electron chi connectivity index (χ2n) is 6.31. The van der Waals surface area contributed by atoms with Crippen molar-refractivity contribution >= 4 is 0 Å². The molecule has 0 aliphatic heterocycles. The Balaban J connectivity index is 1.71. The maximum atomic E-state index is 3.91. The predicted molar refractivity (Wildman–Crippen MR) is 70.6 cm³/mol. The monoisotopic (exact) mass is 223 g/mol. The van der Waals surface area contributed by atoms with Gasteiger partial charge in [-0.1, -0.05) is 26.2 Å². The van der Waals surface area contributed by atoms with E-state index in [4.69, 9.17) is 0 Å². The zero-order chi connectivity index (χ0) is 11.4. The first kappa shape index (κ1) is 12.4. The Labute approximate surface area is 101 Å². The standard InChI is InChI=1S/C15H29N/c1-12-8-10-15(11-9-12)16-13(2)14-6-4-3-5-7-14/h12-16H,3-11H2,1-2H3. The summed E-state index contributed by atoms with van der Waals surface area (Å²) in [5.41, 5.74) is 0. The Morgan fingerprint density at radius 1 is 0.875 bits per heavy atom. The highest BCUT2D eigenvalue weighted by atomic mass is 15.0. The average Bonchev–Trinajstić information content (AvgIpc) is 2.33. The first-order valence-electron chi connectivity index (χ1n) is 7.51. The van der Waals surface area contributed by atoms with E-state index in [0.29, 0.717) is 0 Å². The lowest BCUT2D eigenvalue weighted by Gasteiger charge is -2.34. The molecule has 1 N–H and O–H groups in total. The van der Waals surface area contributed by atoms with Gasteiger partial charge in [-0.05, 0) is 57.3 Å². The molecule has 2 saturated carbocycles. The van der Waals surface area contributed by atoms with Crippen molar-refractivity contribution in [2.45, 2.75) is 83.7 Å². The highest BCUT2D eigenvalue weighted by molar-refractivity contribution is 4.82. The van der Waals surface area contributed by atoms with E-state index in [9.17, 15) is 0 Å². The summed E-state index contributed by atoms with van der Waals surface area (Å²) < 4.78 is 0. The van der Waals surface area contributed by atoms with Gasteiger partial charge >= 0.3 is 0 Å². The van der Waals surface area contributed by atoms with Gasteiger partial charge in [0.05, 0.1) is 0 Å². The van der Waals surface area contributed by atoms with Crippen LogP contribution in [0.3, 0.4) is 0 Å². The molecule has 0 spiro atoms. The molecule has 94 valence electrons. The van der Waals surface area contributed by atoms with Crippen LogP contribution in [0.15, 0.2) is 0 Å². The van der Waals surface area contributed by atoms with Crippen LogP contribution < -0.4 is 5.32 Å². The van der Waals surface area contributed by atoms with Crippen LogP contribution in [0.2, 0.25) is 0 Å². The van der Waals surface area contributed by atoms with Crippen molar-refractivity contribution in [3.8, 4) is 0 Å². The highest BCUT2D eigenvalue weighted by Crippen LogP contribution is 2.28. The number of rotatable bonds is 3. The lowest BCUT2D eigenvalue weighted by atomic mass is 9.82. The van der Waals surface area contributed by atoms with E-state index in [-0.39, 0.29) is 0 Å². The average molecular weight is 223 g/mol. The summed E-state index contributed by atoms with van der Waals surface area (Å²) in [5, 5.41) is 3.91. The molecule has 0 bridgehead atoms. The molecule has 2 aliphatic rings. The van der Waals surface area contributed by atoms with E-state index in [1.165, 1.54) is 57.8 Å². The Morgan fingerprint density at radius 2 is 1.50 bits per heavy atom. The molecule has 0 radical (unpaired) electrons. The zero-order valence-corrected chi connectivity index (χ0v) is 11.2. The van der Waals surface area contributed by atoms with Crippen LogP contribution in [-0.4, -0.2) is 12.1 Å². The van der Waals surface area contributed by atoms with Gasteiger partial charge in [0.15, 0.2) is 0 Å². The molecule has 2 aliphatic carbocycles. The van der Waals surface area contributed by atoms with Gasteiger partial charge in [0, 0.05) is 12.1 Å². The molecule has 1 atom stereocenters. The Hall–Kier alpha value is -0.0400. The Bertz CT molecular complexity index is 188. The van der Waals surface area contributed by atoms with E-state index in [2.05, 4.69) is 19.2 Å². The third-order valence-electron chi connectivity index (χ3n) is 4.87. The van der Waals surface area contributed by atoms with Gasteiger partial charge in [0.1, 0.15) is 0 Å². The topological polar surface area (TPSA) is 12.0 Å². The van der Waals surface area contributed by atoms with Crippen LogP contribution in [0.1, 0.15) is 71.6 Å². The molecule has 1 heteroatoms. The van der Waals surface area contributed by atoms with Gasteiger partial charge in [-0.25, -0.2) is 0 Å². The van der Waals surface area contributed by atoms with Crippen molar-refractivity contribution in [3.05, 3.63) is 0 Å². The largest absolute Gasteiger partial charge is 0.311 e. The quantitative estimate of drug-likeness (QED) is 0.759. The summed E-state index contributed by atoms with van der Waals surface area (Å²) in [6.45, 7) is 4.83. The van der Waals surface area contributed by atoms with Crippen LogP contribution >= 0.6 is 0 Å². The van der Waals surface area contributed by atoms with Crippen LogP contribution in [0.4, 0.5) is 0 Å². The molecule has 1 unspecified atom stereocenters. The molecule has 0 aromatic heterocycles. The molecule has 2 rings (SSSR count). The van der Waals surface area contributed by atoms with E-state index in [1.54, 1.807) is 0 Å². The van der Waals surface area contributed by atoms with Crippen molar-refractivity contribution < 1.29 is 0 Å². The molecule has 2 fully saturated rings. The van der Waals surface area contributed by atoms with E-state index in [0.717, 1.165) is 23.9 Å². The molecule has 16 heavy (non-hydrogen) atoms. The van der Waals surface area contributed by atoms with E-state index >= 15 is 0 Å². The zero-order valence-electron chi connectivity index (χ0n) is 11.2. The lowest BCUT2D eigenvalue weighted by molar-refractivity contribution is 0.228. The normalized spacial score (nSPS) is 34.9. The molecule has 0 aromatic rings. The van der Waals surface area contributed by atoms with Crippen molar-refractivity contribution in [3.63, 3.8) is 0 Å². The van der Waals surface area contributed by atoms with Crippen LogP contribution in [0.5, 0.6) is 0 Å². The maximum absolute atomic E-state index is 3.91. The second kappa shape index (κ2) is 6.05. The molecule has 0 amide bonds. The SMILES string of the molecule is CC1CCC(NC(C)C2CCCCC2)CC1. The fraction of sp³-hybridized carbons (Fsp3) is 1.00. The molecule has 1 nitrogen and oxygen atoms in total. The molecular weight excluding hydrogens is 194 g/mol.